The Kier molecular flexibility index (Phi) is 30.7. The van der Waals surface area contributed by atoms with Crippen molar-refractivity contribution >= 4 is 19.8 Å². The van der Waals surface area contributed by atoms with Crippen LogP contribution in [0.5, 0.6) is 0 Å². The van der Waals surface area contributed by atoms with E-state index in [-0.39, 0.29) is 19.4 Å². The fourth-order valence-corrected chi connectivity index (χ4v) is 4.51. The fraction of sp³-hybridized carbons (Fsp3) is 0.622. The number of esters is 2. The Balaban J connectivity index is 4.14. The monoisotopic (exact) mass is 664 g/mol. The third kappa shape index (κ3) is 34.4. The molecule has 262 valence electrons. The molecular weight excluding hydrogens is 603 g/mol. The van der Waals surface area contributed by atoms with Crippen molar-refractivity contribution in [2.75, 3.05) is 13.2 Å². The van der Waals surface area contributed by atoms with Gasteiger partial charge in [-0.15, -0.1) is 0 Å². The molecule has 0 saturated heterocycles. The molecule has 0 bridgehead atoms. The molecule has 0 rings (SSSR count). The van der Waals surface area contributed by atoms with Crippen molar-refractivity contribution in [3.8, 4) is 0 Å². The molecule has 46 heavy (non-hydrogen) atoms. The van der Waals surface area contributed by atoms with Gasteiger partial charge in [-0.3, -0.25) is 14.1 Å². The summed E-state index contributed by atoms with van der Waals surface area (Å²) < 4.78 is 26.1. The van der Waals surface area contributed by atoms with E-state index in [9.17, 15) is 14.2 Å². The molecule has 2 N–H and O–H groups in total. The van der Waals surface area contributed by atoms with Gasteiger partial charge in [0.05, 0.1) is 6.61 Å². The van der Waals surface area contributed by atoms with Crippen LogP contribution in [-0.4, -0.2) is 41.0 Å². The third-order valence-corrected chi connectivity index (χ3v) is 7.19. The first-order valence-electron chi connectivity index (χ1n) is 17.2. The molecule has 1 atom stereocenters. The van der Waals surface area contributed by atoms with Gasteiger partial charge in [0, 0.05) is 12.8 Å². The maximum Gasteiger partial charge on any atom is 0.469 e. The molecule has 0 aliphatic carbocycles. The molecule has 0 aliphatic rings. The zero-order valence-electron chi connectivity index (χ0n) is 28.4. The average molecular weight is 665 g/mol. The number of rotatable bonds is 30. The van der Waals surface area contributed by atoms with E-state index < -0.39 is 32.5 Å². The van der Waals surface area contributed by atoms with E-state index in [4.69, 9.17) is 19.3 Å². The van der Waals surface area contributed by atoms with Crippen LogP contribution in [0.25, 0.3) is 0 Å². The molecule has 9 heteroatoms. The Morgan fingerprint density at radius 2 is 1.07 bits per heavy atom. The zero-order chi connectivity index (χ0) is 34.0. The predicted molar refractivity (Wildman–Crippen MR) is 188 cm³/mol. The van der Waals surface area contributed by atoms with Crippen LogP contribution >= 0.6 is 7.82 Å². The van der Waals surface area contributed by atoms with Gasteiger partial charge in [0.2, 0.25) is 0 Å². The highest BCUT2D eigenvalue weighted by molar-refractivity contribution is 7.46. The summed E-state index contributed by atoms with van der Waals surface area (Å²) in [5, 5.41) is 0. The van der Waals surface area contributed by atoms with Gasteiger partial charge in [-0.1, -0.05) is 119 Å². The SMILES string of the molecule is CC/C=C/C/C=C/C/C=C/C/C=C/C/C=C/CCCC(=O)OC[C@H](COP(=O)(O)O)OC(=O)CCCCCCC/C=C/CCCC. The molecular formula is C37H61O8P. The molecule has 0 saturated carbocycles. The van der Waals surface area contributed by atoms with Crippen LogP contribution in [0, 0.1) is 0 Å². The summed E-state index contributed by atoms with van der Waals surface area (Å²) in [6.07, 6.45) is 40.6. The molecule has 0 aromatic carbocycles. The molecule has 0 aromatic rings. The second-order valence-electron chi connectivity index (χ2n) is 11.1. The van der Waals surface area contributed by atoms with E-state index in [0.29, 0.717) is 12.8 Å². The van der Waals surface area contributed by atoms with Crippen LogP contribution in [-0.2, 0) is 28.2 Å². The van der Waals surface area contributed by atoms with Gasteiger partial charge in [-0.05, 0) is 70.6 Å². The van der Waals surface area contributed by atoms with Crippen molar-refractivity contribution in [3.63, 3.8) is 0 Å². The predicted octanol–water partition coefficient (Wildman–Crippen LogP) is 9.95. The molecule has 0 amide bonds. The first-order chi connectivity index (χ1) is 22.3. The standard InChI is InChI=1S/C37H61O8P/c1-3-5-7-9-11-13-15-16-17-18-19-20-22-23-25-27-29-31-36(38)43-33-35(34-44-46(40,41)42)45-37(39)32-30-28-26-24-21-14-12-10-8-6-4-2/h5,7,10-13,16-17,19-20,23,25,35H,3-4,6,8-9,14-15,18,21-22,24,26-34H2,1-2H3,(H2,40,41,42)/b7-5+,12-10+,13-11+,17-16+,20-19+,25-23+/t35-/m1/s1. The lowest BCUT2D eigenvalue weighted by molar-refractivity contribution is -0.161. The van der Waals surface area contributed by atoms with Crippen LogP contribution in [0.3, 0.4) is 0 Å². The number of carbonyl (C=O) groups is 2. The minimum atomic E-state index is -4.76. The second kappa shape index (κ2) is 32.4. The normalized spacial score (nSPS) is 13.4. The van der Waals surface area contributed by atoms with Gasteiger partial charge in [0.15, 0.2) is 6.10 Å². The van der Waals surface area contributed by atoms with Gasteiger partial charge in [-0.25, -0.2) is 4.57 Å². The van der Waals surface area contributed by atoms with Crippen LogP contribution in [0.2, 0.25) is 0 Å². The van der Waals surface area contributed by atoms with E-state index in [1.165, 1.54) is 12.8 Å². The van der Waals surface area contributed by atoms with Crippen molar-refractivity contribution in [2.24, 2.45) is 0 Å². The molecule has 0 unspecified atom stereocenters. The number of phosphoric acid groups is 1. The molecule has 0 radical (unpaired) electrons. The lowest BCUT2D eigenvalue weighted by Crippen LogP contribution is -2.29. The Morgan fingerprint density at radius 1 is 0.587 bits per heavy atom. The number of hydrogen-bond donors (Lipinski definition) is 2. The smallest absolute Gasteiger partial charge is 0.462 e. The lowest BCUT2D eigenvalue weighted by Gasteiger charge is -2.18. The average Bonchev–Trinajstić information content (AvgIpc) is 3.02. The number of carbonyl (C=O) groups excluding carboxylic acids is 2. The van der Waals surface area contributed by atoms with Gasteiger partial charge in [0.25, 0.3) is 0 Å². The number of hydrogen-bond acceptors (Lipinski definition) is 6. The van der Waals surface area contributed by atoms with Gasteiger partial charge in [-0.2, -0.15) is 0 Å². The van der Waals surface area contributed by atoms with Crippen molar-refractivity contribution in [1.29, 1.82) is 0 Å². The number of phosphoric ester groups is 1. The second-order valence-corrected chi connectivity index (χ2v) is 12.3. The minimum absolute atomic E-state index is 0.183. The summed E-state index contributed by atoms with van der Waals surface area (Å²) in [6.45, 7) is 3.44. The zero-order valence-corrected chi connectivity index (χ0v) is 29.3. The van der Waals surface area contributed by atoms with E-state index in [1.807, 2.05) is 6.08 Å². The van der Waals surface area contributed by atoms with Crippen LogP contribution in [0.4, 0.5) is 0 Å². The Morgan fingerprint density at radius 3 is 1.65 bits per heavy atom. The van der Waals surface area contributed by atoms with Crippen molar-refractivity contribution in [3.05, 3.63) is 72.9 Å². The van der Waals surface area contributed by atoms with Crippen LogP contribution in [0.15, 0.2) is 72.9 Å². The highest BCUT2D eigenvalue weighted by Gasteiger charge is 2.22. The molecule has 0 spiro atoms. The van der Waals surface area contributed by atoms with E-state index >= 15 is 0 Å². The maximum atomic E-state index is 12.3. The largest absolute Gasteiger partial charge is 0.469 e. The van der Waals surface area contributed by atoms with Crippen molar-refractivity contribution in [1.82, 2.24) is 0 Å². The number of ether oxygens (including phenoxy) is 2. The first-order valence-corrected chi connectivity index (χ1v) is 18.8. The summed E-state index contributed by atoms with van der Waals surface area (Å²) >= 11 is 0. The van der Waals surface area contributed by atoms with Gasteiger partial charge in [0.1, 0.15) is 6.61 Å². The highest BCUT2D eigenvalue weighted by atomic mass is 31.2. The fourth-order valence-electron chi connectivity index (χ4n) is 4.15. The summed E-state index contributed by atoms with van der Waals surface area (Å²) in [5.74, 6) is -0.975. The Hall–Kier alpha value is -2.51. The number of unbranched alkanes of at least 4 members (excludes halogenated alkanes) is 8. The van der Waals surface area contributed by atoms with Crippen LogP contribution < -0.4 is 0 Å². The van der Waals surface area contributed by atoms with Gasteiger partial charge < -0.3 is 19.3 Å². The quantitative estimate of drug-likeness (QED) is 0.0337. The minimum Gasteiger partial charge on any atom is -0.462 e. The first kappa shape index (κ1) is 43.5. The topological polar surface area (TPSA) is 119 Å². The van der Waals surface area contributed by atoms with Crippen molar-refractivity contribution < 1.29 is 37.9 Å². The van der Waals surface area contributed by atoms with Gasteiger partial charge >= 0.3 is 19.8 Å². The summed E-state index contributed by atoms with van der Waals surface area (Å²) in [4.78, 5) is 42.5. The molecule has 8 nitrogen and oxygen atoms in total. The van der Waals surface area contributed by atoms with Crippen LogP contribution in [0.1, 0.15) is 129 Å². The summed E-state index contributed by atoms with van der Waals surface area (Å²) in [7, 11) is -4.76. The molecule has 0 fully saturated rings. The van der Waals surface area contributed by atoms with E-state index in [0.717, 1.165) is 77.0 Å². The van der Waals surface area contributed by atoms with Crippen molar-refractivity contribution in [2.45, 2.75) is 136 Å². The van der Waals surface area contributed by atoms with E-state index in [2.05, 4.69) is 85.2 Å². The summed E-state index contributed by atoms with van der Waals surface area (Å²) in [5.41, 5.74) is 0. The molecule has 0 aromatic heterocycles. The highest BCUT2D eigenvalue weighted by Crippen LogP contribution is 2.35. The van der Waals surface area contributed by atoms with E-state index in [1.54, 1.807) is 0 Å². The summed E-state index contributed by atoms with van der Waals surface area (Å²) in [6, 6.07) is 0. The Bertz CT molecular complexity index is 974. The number of allylic oxidation sites excluding steroid dienone is 12. The third-order valence-electron chi connectivity index (χ3n) is 6.71. The lowest BCUT2D eigenvalue weighted by atomic mass is 10.1. The molecule has 0 aliphatic heterocycles. The molecule has 0 heterocycles. The maximum absolute atomic E-state index is 12.3. The Labute approximate surface area is 279 Å².